The van der Waals surface area contributed by atoms with E-state index in [0.29, 0.717) is 5.88 Å². The lowest BCUT2D eigenvalue weighted by Gasteiger charge is -1.98. The summed E-state index contributed by atoms with van der Waals surface area (Å²) in [5.74, 6) is 0.656. The van der Waals surface area contributed by atoms with Gasteiger partial charge >= 0.3 is 0 Å². The molecular formula is C5H9ClO. The van der Waals surface area contributed by atoms with Gasteiger partial charge in [0, 0.05) is 0 Å². The van der Waals surface area contributed by atoms with Gasteiger partial charge in [-0.05, 0) is 6.42 Å². The van der Waals surface area contributed by atoms with Gasteiger partial charge in [0.25, 0.3) is 0 Å². The Morgan fingerprint density at radius 2 is 2.43 bits per heavy atom. The minimum atomic E-state index is 0.0988. The van der Waals surface area contributed by atoms with Crippen LogP contribution in [0.5, 0.6) is 0 Å². The molecule has 1 aliphatic rings. The molecule has 0 radical (unpaired) electrons. The molecule has 1 heterocycles. The van der Waals surface area contributed by atoms with Gasteiger partial charge < -0.3 is 4.74 Å². The van der Waals surface area contributed by atoms with Crippen LogP contribution in [0.2, 0.25) is 0 Å². The van der Waals surface area contributed by atoms with Crippen molar-refractivity contribution < 1.29 is 4.74 Å². The van der Waals surface area contributed by atoms with E-state index in [-0.39, 0.29) is 5.60 Å². The van der Waals surface area contributed by atoms with Crippen LogP contribution in [0.15, 0.2) is 0 Å². The van der Waals surface area contributed by atoms with Crippen molar-refractivity contribution in [1.29, 1.82) is 0 Å². The number of halogens is 1. The van der Waals surface area contributed by atoms with Crippen molar-refractivity contribution in [1.82, 2.24) is 0 Å². The quantitative estimate of drug-likeness (QED) is 0.397. The molecule has 1 saturated heterocycles. The molecule has 0 aromatic rings. The van der Waals surface area contributed by atoms with Gasteiger partial charge in [-0.25, -0.2) is 0 Å². The molecule has 0 aromatic heterocycles. The number of ether oxygens (including phenoxy) is 1. The fraction of sp³-hybridized carbons (Fsp3) is 1.00. The molecule has 0 N–H and O–H groups in total. The molecule has 0 aromatic carbocycles. The van der Waals surface area contributed by atoms with E-state index in [1.807, 2.05) is 0 Å². The number of hydrogen-bond acceptors (Lipinski definition) is 1. The van der Waals surface area contributed by atoms with E-state index in [1.165, 1.54) is 0 Å². The first-order valence-electron chi connectivity index (χ1n) is 2.53. The van der Waals surface area contributed by atoms with Crippen LogP contribution in [-0.2, 0) is 4.74 Å². The van der Waals surface area contributed by atoms with Crippen LogP contribution >= 0.6 is 11.6 Å². The van der Waals surface area contributed by atoms with E-state index < -0.39 is 0 Å². The van der Waals surface area contributed by atoms with Crippen LogP contribution in [0.3, 0.4) is 0 Å². The fourth-order valence-corrected chi connectivity index (χ4v) is 0.821. The lowest BCUT2D eigenvalue weighted by Crippen LogP contribution is -2.09. The summed E-state index contributed by atoms with van der Waals surface area (Å²) in [7, 11) is 0. The van der Waals surface area contributed by atoms with Crippen LogP contribution < -0.4 is 0 Å². The molecule has 1 aliphatic heterocycles. The van der Waals surface area contributed by atoms with Crippen LogP contribution in [-0.4, -0.2) is 18.1 Å². The van der Waals surface area contributed by atoms with Crippen molar-refractivity contribution in [2.45, 2.75) is 18.9 Å². The standard InChI is InChI=1S/C5H9ClO/c1-2-5(3-6)4-7-5/h2-4H2,1H3. The molecule has 7 heavy (non-hydrogen) atoms. The Labute approximate surface area is 48.6 Å². The predicted octanol–water partition coefficient (Wildman–Crippen LogP) is 1.40. The lowest BCUT2D eigenvalue weighted by molar-refractivity contribution is 0.320. The van der Waals surface area contributed by atoms with Crippen molar-refractivity contribution in [3.05, 3.63) is 0 Å². The Morgan fingerprint density at radius 1 is 1.86 bits per heavy atom. The molecule has 0 spiro atoms. The van der Waals surface area contributed by atoms with Gasteiger partial charge in [-0.2, -0.15) is 0 Å². The smallest absolute Gasteiger partial charge is 0.105 e. The average Bonchev–Trinajstić information content (AvgIpc) is 2.46. The van der Waals surface area contributed by atoms with Crippen LogP contribution in [0.1, 0.15) is 13.3 Å². The molecule has 2 heteroatoms. The first kappa shape index (κ1) is 5.39. The monoisotopic (exact) mass is 120 g/mol. The molecular weight excluding hydrogens is 112 g/mol. The maximum atomic E-state index is 5.53. The van der Waals surface area contributed by atoms with Crippen molar-refractivity contribution in [3.8, 4) is 0 Å². The minimum absolute atomic E-state index is 0.0988. The zero-order valence-electron chi connectivity index (χ0n) is 4.41. The molecule has 1 unspecified atom stereocenters. The summed E-state index contributed by atoms with van der Waals surface area (Å²) < 4.78 is 5.06. The second-order valence-electron chi connectivity index (χ2n) is 1.96. The first-order chi connectivity index (χ1) is 3.33. The van der Waals surface area contributed by atoms with Gasteiger partial charge in [0.15, 0.2) is 0 Å². The van der Waals surface area contributed by atoms with Crippen molar-refractivity contribution in [2.24, 2.45) is 0 Å². The minimum Gasteiger partial charge on any atom is -0.368 e. The second kappa shape index (κ2) is 1.64. The highest BCUT2D eigenvalue weighted by Gasteiger charge is 2.41. The third-order valence-corrected chi connectivity index (χ3v) is 1.93. The van der Waals surface area contributed by atoms with Gasteiger partial charge in [0.1, 0.15) is 5.60 Å². The normalized spacial score (nSPS) is 38.6. The average molecular weight is 121 g/mol. The number of rotatable bonds is 2. The molecule has 42 valence electrons. The predicted molar refractivity (Wildman–Crippen MR) is 29.7 cm³/mol. The second-order valence-corrected chi connectivity index (χ2v) is 2.23. The van der Waals surface area contributed by atoms with Gasteiger partial charge in [0.2, 0.25) is 0 Å². The summed E-state index contributed by atoms with van der Waals surface area (Å²) in [4.78, 5) is 0. The highest BCUT2D eigenvalue weighted by Crippen LogP contribution is 2.31. The topological polar surface area (TPSA) is 12.5 Å². The highest BCUT2D eigenvalue weighted by molar-refractivity contribution is 6.18. The van der Waals surface area contributed by atoms with Gasteiger partial charge in [-0.1, -0.05) is 6.92 Å². The highest BCUT2D eigenvalue weighted by atomic mass is 35.5. The maximum Gasteiger partial charge on any atom is 0.105 e. The van der Waals surface area contributed by atoms with Crippen molar-refractivity contribution >= 4 is 11.6 Å². The van der Waals surface area contributed by atoms with E-state index in [1.54, 1.807) is 0 Å². The largest absolute Gasteiger partial charge is 0.368 e. The third-order valence-electron chi connectivity index (χ3n) is 1.44. The molecule has 0 saturated carbocycles. The van der Waals surface area contributed by atoms with Crippen LogP contribution in [0, 0.1) is 0 Å². The van der Waals surface area contributed by atoms with Crippen LogP contribution in [0.25, 0.3) is 0 Å². The van der Waals surface area contributed by atoms with Gasteiger partial charge in [-0.15, -0.1) is 11.6 Å². The van der Waals surface area contributed by atoms with E-state index in [2.05, 4.69) is 6.92 Å². The van der Waals surface area contributed by atoms with E-state index in [9.17, 15) is 0 Å². The Kier molecular flexibility index (Phi) is 1.26. The number of hydrogen-bond donors (Lipinski definition) is 0. The number of epoxide rings is 1. The molecule has 0 aliphatic carbocycles. The molecule has 1 fully saturated rings. The Morgan fingerprint density at radius 3 is 2.43 bits per heavy atom. The summed E-state index contributed by atoms with van der Waals surface area (Å²) in [5, 5.41) is 0. The van der Waals surface area contributed by atoms with Crippen LogP contribution in [0.4, 0.5) is 0 Å². The SMILES string of the molecule is CCC1(CCl)CO1. The Balaban J connectivity index is 2.28. The third kappa shape index (κ3) is 0.892. The van der Waals surface area contributed by atoms with E-state index in [0.717, 1.165) is 13.0 Å². The fourth-order valence-electron chi connectivity index (χ4n) is 0.478. The first-order valence-corrected chi connectivity index (χ1v) is 3.06. The summed E-state index contributed by atoms with van der Waals surface area (Å²) in [6.45, 7) is 2.96. The lowest BCUT2D eigenvalue weighted by atomic mass is 10.1. The molecule has 1 nitrogen and oxygen atoms in total. The van der Waals surface area contributed by atoms with E-state index in [4.69, 9.17) is 16.3 Å². The Hall–Kier alpha value is 0.250. The van der Waals surface area contributed by atoms with Gasteiger partial charge in [0.05, 0.1) is 12.5 Å². The molecule has 1 rings (SSSR count). The summed E-state index contributed by atoms with van der Waals surface area (Å²) in [5.41, 5.74) is 0.0988. The zero-order valence-corrected chi connectivity index (χ0v) is 5.16. The zero-order chi connectivity index (χ0) is 5.33. The summed E-state index contributed by atoms with van der Waals surface area (Å²) >= 11 is 5.53. The van der Waals surface area contributed by atoms with Gasteiger partial charge in [-0.3, -0.25) is 0 Å². The molecule has 1 atom stereocenters. The van der Waals surface area contributed by atoms with E-state index >= 15 is 0 Å². The van der Waals surface area contributed by atoms with Crippen molar-refractivity contribution in [2.75, 3.05) is 12.5 Å². The Bertz CT molecular complexity index is 62.5. The molecule has 0 bridgehead atoms. The molecule has 0 amide bonds. The summed E-state index contributed by atoms with van der Waals surface area (Å²) in [6, 6.07) is 0. The summed E-state index contributed by atoms with van der Waals surface area (Å²) in [6.07, 6.45) is 1.05. The number of alkyl halides is 1. The maximum absolute atomic E-state index is 5.53. The van der Waals surface area contributed by atoms with Crippen molar-refractivity contribution in [3.63, 3.8) is 0 Å².